The number of hydrogen-bond donors (Lipinski definition) is 0. The van der Waals surface area contributed by atoms with Crippen molar-refractivity contribution < 1.29 is 0 Å². The molecule has 0 nitrogen and oxygen atoms in total. The van der Waals surface area contributed by atoms with Crippen LogP contribution in [0.5, 0.6) is 0 Å². The molecule has 0 aliphatic heterocycles. The van der Waals surface area contributed by atoms with E-state index in [0.717, 1.165) is 0 Å². The van der Waals surface area contributed by atoms with Crippen LogP contribution >= 0.6 is 38.9 Å². The summed E-state index contributed by atoms with van der Waals surface area (Å²) in [6, 6.07) is 2.20. The molecule has 1 atom stereocenters. The summed E-state index contributed by atoms with van der Waals surface area (Å²) in [7, 11) is 0. The molecule has 1 fully saturated rings. The topological polar surface area (TPSA) is 0 Å². The molecule has 0 saturated heterocycles. The van der Waals surface area contributed by atoms with Crippen molar-refractivity contribution in [3.05, 3.63) is 20.3 Å². The molecule has 1 aliphatic carbocycles. The Morgan fingerprint density at radius 2 is 2.07 bits per heavy atom. The van der Waals surface area contributed by atoms with Crippen molar-refractivity contribution in [1.29, 1.82) is 0 Å². The van der Waals surface area contributed by atoms with E-state index in [0.29, 0.717) is 5.92 Å². The van der Waals surface area contributed by atoms with E-state index in [1.54, 1.807) is 11.3 Å². The quantitative estimate of drug-likeness (QED) is 0.617. The Bertz CT molecular complexity index is 328. The van der Waals surface area contributed by atoms with Crippen molar-refractivity contribution in [3.8, 4) is 0 Å². The minimum absolute atomic E-state index is 0.229. The van der Waals surface area contributed by atoms with Crippen molar-refractivity contribution in [2.75, 3.05) is 0 Å². The predicted molar refractivity (Wildman–Crippen MR) is 71.9 cm³/mol. The van der Waals surface area contributed by atoms with Gasteiger partial charge in [-0.3, -0.25) is 0 Å². The molecule has 0 amide bonds. The van der Waals surface area contributed by atoms with E-state index in [2.05, 4.69) is 28.9 Å². The second kappa shape index (κ2) is 5.20. The third-order valence-electron chi connectivity index (χ3n) is 3.29. The summed E-state index contributed by atoms with van der Waals surface area (Å²) in [5.74, 6) is 0.695. The average molecular weight is 308 g/mol. The second-order valence-corrected chi connectivity index (χ2v) is 7.47. The molecule has 0 aromatic carbocycles. The first-order valence-electron chi connectivity index (χ1n) is 5.58. The molecular weight excluding hydrogens is 292 g/mol. The number of halogens is 2. The van der Waals surface area contributed by atoms with Gasteiger partial charge in [-0.25, -0.2) is 0 Å². The lowest BCUT2D eigenvalue weighted by atomic mass is 9.84. The Morgan fingerprint density at radius 3 is 2.60 bits per heavy atom. The van der Waals surface area contributed by atoms with Gasteiger partial charge in [0.2, 0.25) is 0 Å². The molecule has 0 radical (unpaired) electrons. The van der Waals surface area contributed by atoms with Gasteiger partial charge >= 0.3 is 0 Å². The second-order valence-electron chi connectivity index (χ2n) is 4.36. The average Bonchev–Trinajstić information content (AvgIpc) is 2.58. The van der Waals surface area contributed by atoms with Crippen LogP contribution in [0.25, 0.3) is 0 Å². The lowest BCUT2D eigenvalue weighted by Crippen LogP contribution is -2.12. The molecule has 0 N–H and O–H groups in total. The molecule has 1 aromatic heterocycles. The molecule has 0 bridgehead atoms. The van der Waals surface area contributed by atoms with Crippen LogP contribution in [0, 0.1) is 12.8 Å². The molecular formula is C12H16BrClS. The Labute approximate surface area is 109 Å². The van der Waals surface area contributed by atoms with Crippen molar-refractivity contribution in [1.82, 2.24) is 0 Å². The molecule has 0 spiro atoms. The highest BCUT2D eigenvalue weighted by atomic mass is 79.9. The van der Waals surface area contributed by atoms with E-state index < -0.39 is 0 Å². The molecule has 1 aliphatic rings. The van der Waals surface area contributed by atoms with Gasteiger partial charge in [0.25, 0.3) is 0 Å². The first-order valence-corrected chi connectivity index (χ1v) is 7.63. The summed E-state index contributed by atoms with van der Waals surface area (Å²) in [6.45, 7) is 2.17. The van der Waals surface area contributed by atoms with Gasteiger partial charge in [-0.2, -0.15) is 0 Å². The largest absolute Gasteiger partial charge is 0.133 e. The number of aryl methyl sites for hydroxylation is 1. The molecule has 2 rings (SSSR count). The van der Waals surface area contributed by atoms with E-state index in [1.165, 1.54) is 46.3 Å². The fourth-order valence-corrected chi connectivity index (χ4v) is 4.71. The molecule has 1 heterocycles. The number of alkyl halides is 1. The van der Waals surface area contributed by atoms with Crippen LogP contribution in [0.2, 0.25) is 0 Å². The summed E-state index contributed by atoms with van der Waals surface area (Å²) < 4.78 is 1.21. The fourth-order valence-electron chi connectivity index (χ4n) is 2.41. The summed E-state index contributed by atoms with van der Waals surface area (Å²) in [5, 5.41) is 0.229. The molecule has 84 valence electrons. The number of thiophene rings is 1. The van der Waals surface area contributed by atoms with Crippen LogP contribution in [0.3, 0.4) is 0 Å². The minimum atomic E-state index is 0.229. The van der Waals surface area contributed by atoms with Crippen LogP contribution in [0.15, 0.2) is 9.85 Å². The summed E-state index contributed by atoms with van der Waals surface area (Å²) in [6.07, 6.45) is 6.73. The van der Waals surface area contributed by atoms with Gasteiger partial charge in [0.15, 0.2) is 0 Å². The van der Waals surface area contributed by atoms with E-state index in [1.807, 2.05) is 0 Å². The minimum Gasteiger partial charge on any atom is -0.133 e. The van der Waals surface area contributed by atoms with Gasteiger partial charge in [-0.05, 0) is 53.2 Å². The van der Waals surface area contributed by atoms with Gasteiger partial charge < -0.3 is 0 Å². The maximum Gasteiger partial charge on any atom is 0.0704 e. The smallest absolute Gasteiger partial charge is 0.0704 e. The maximum atomic E-state index is 6.59. The van der Waals surface area contributed by atoms with Crippen molar-refractivity contribution in [3.63, 3.8) is 0 Å². The van der Waals surface area contributed by atoms with Gasteiger partial charge in [0, 0.05) is 4.88 Å². The molecule has 15 heavy (non-hydrogen) atoms. The standard InChI is InChI=1S/C12H16BrClS/c1-8-10(7-11(13)15-8)12(14)9-5-3-2-4-6-9/h7,9,12H,2-6H2,1H3. The Balaban J connectivity index is 2.12. The van der Waals surface area contributed by atoms with Crippen LogP contribution < -0.4 is 0 Å². The Morgan fingerprint density at radius 1 is 1.40 bits per heavy atom. The third kappa shape index (κ3) is 2.78. The number of hydrogen-bond acceptors (Lipinski definition) is 1. The molecule has 1 saturated carbocycles. The van der Waals surface area contributed by atoms with Crippen LogP contribution in [0.4, 0.5) is 0 Å². The van der Waals surface area contributed by atoms with E-state index in [4.69, 9.17) is 11.6 Å². The van der Waals surface area contributed by atoms with Crippen LogP contribution in [-0.2, 0) is 0 Å². The van der Waals surface area contributed by atoms with Crippen LogP contribution in [0.1, 0.15) is 47.9 Å². The van der Waals surface area contributed by atoms with Crippen LogP contribution in [-0.4, -0.2) is 0 Å². The first-order chi connectivity index (χ1) is 7.18. The van der Waals surface area contributed by atoms with Crippen molar-refractivity contribution in [2.24, 2.45) is 5.92 Å². The molecule has 1 unspecified atom stereocenters. The summed E-state index contributed by atoms with van der Waals surface area (Å²) in [4.78, 5) is 1.37. The monoisotopic (exact) mass is 306 g/mol. The van der Waals surface area contributed by atoms with E-state index >= 15 is 0 Å². The highest BCUT2D eigenvalue weighted by molar-refractivity contribution is 9.11. The van der Waals surface area contributed by atoms with Gasteiger partial charge in [-0.15, -0.1) is 22.9 Å². The summed E-state index contributed by atoms with van der Waals surface area (Å²) >= 11 is 11.9. The Hall–Kier alpha value is 0.470. The molecule has 1 aromatic rings. The van der Waals surface area contributed by atoms with Gasteiger partial charge in [0.1, 0.15) is 0 Å². The SMILES string of the molecule is Cc1sc(Br)cc1C(Cl)C1CCCCC1. The molecule has 3 heteroatoms. The first kappa shape index (κ1) is 11.9. The Kier molecular flexibility index (Phi) is 4.14. The lowest BCUT2D eigenvalue weighted by Gasteiger charge is -2.26. The zero-order valence-electron chi connectivity index (χ0n) is 8.93. The maximum absolute atomic E-state index is 6.59. The summed E-state index contributed by atoms with van der Waals surface area (Å²) in [5.41, 5.74) is 1.35. The lowest BCUT2D eigenvalue weighted by molar-refractivity contribution is 0.348. The normalized spacial score (nSPS) is 20.5. The van der Waals surface area contributed by atoms with E-state index in [9.17, 15) is 0 Å². The highest BCUT2D eigenvalue weighted by Gasteiger charge is 2.25. The predicted octanol–water partition coefficient (Wildman–Crippen LogP) is 5.68. The number of rotatable bonds is 2. The zero-order chi connectivity index (χ0) is 10.8. The van der Waals surface area contributed by atoms with Crippen molar-refractivity contribution in [2.45, 2.75) is 44.4 Å². The van der Waals surface area contributed by atoms with Gasteiger partial charge in [0.05, 0.1) is 9.16 Å². The third-order valence-corrected chi connectivity index (χ3v) is 5.45. The van der Waals surface area contributed by atoms with E-state index in [-0.39, 0.29) is 5.38 Å². The van der Waals surface area contributed by atoms with Crippen molar-refractivity contribution >= 4 is 38.9 Å². The van der Waals surface area contributed by atoms with Gasteiger partial charge in [-0.1, -0.05) is 19.3 Å². The zero-order valence-corrected chi connectivity index (χ0v) is 12.1. The highest BCUT2D eigenvalue weighted by Crippen LogP contribution is 2.42. The fraction of sp³-hybridized carbons (Fsp3) is 0.667.